The second kappa shape index (κ2) is 8.37. The number of hydrogen-bond donors (Lipinski definition) is 1. The lowest BCUT2D eigenvalue weighted by atomic mass is 10.0. The van der Waals surface area contributed by atoms with E-state index in [9.17, 15) is 9.59 Å². The Hall–Kier alpha value is -2.63. The second-order valence-electron chi connectivity index (χ2n) is 7.32. The van der Waals surface area contributed by atoms with E-state index in [4.69, 9.17) is 4.98 Å². The fraction of sp³-hybridized carbons (Fsp3) is 0.476. The molecular formula is C21H28N4O2. The molecule has 2 aromatic rings. The molecule has 1 atom stereocenters. The van der Waals surface area contributed by atoms with Gasteiger partial charge in [-0.2, -0.15) is 0 Å². The summed E-state index contributed by atoms with van der Waals surface area (Å²) in [5.74, 6) is 0.796. The molecular weight excluding hydrogens is 340 g/mol. The summed E-state index contributed by atoms with van der Waals surface area (Å²) < 4.78 is 1.99. The van der Waals surface area contributed by atoms with Crippen LogP contribution in [0.1, 0.15) is 38.9 Å². The van der Waals surface area contributed by atoms with Crippen molar-refractivity contribution in [3.05, 3.63) is 42.2 Å². The van der Waals surface area contributed by atoms with Crippen molar-refractivity contribution in [3.8, 4) is 0 Å². The molecule has 1 unspecified atom stereocenters. The number of aromatic nitrogens is 2. The van der Waals surface area contributed by atoms with Crippen molar-refractivity contribution in [2.45, 2.75) is 52.1 Å². The molecule has 6 nitrogen and oxygen atoms in total. The zero-order valence-electron chi connectivity index (χ0n) is 16.2. The normalized spacial score (nSPS) is 17.1. The van der Waals surface area contributed by atoms with Gasteiger partial charge < -0.3 is 14.8 Å². The van der Waals surface area contributed by atoms with Gasteiger partial charge in [-0.3, -0.25) is 9.59 Å². The van der Waals surface area contributed by atoms with Crippen molar-refractivity contribution in [1.82, 2.24) is 19.8 Å². The second-order valence-corrected chi connectivity index (χ2v) is 7.32. The fourth-order valence-corrected chi connectivity index (χ4v) is 3.63. The summed E-state index contributed by atoms with van der Waals surface area (Å²) in [7, 11) is 0. The van der Waals surface area contributed by atoms with Crippen LogP contribution in [0.15, 0.2) is 36.4 Å². The van der Waals surface area contributed by atoms with Crippen molar-refractivity contribution in [2.75, 3.05) is 13.1 Å². The average Bonchev–Trinajstić information content (AvgIpc) is 2.99. The van der Waals surface area contributed by atoms with E-state index >= 15 is 0 Å². The molecule has 1 N–H and O–H groups in total. The van der Waals surface area contributed by atoms with Gasteiger partial charge in [0.25, 0.3) is 0 Å². The number of carbonyl (C=O) groups is 2. The van der Waals surface area contributed by atoms with Crippen LogP contribution in [0, 0.1) is 0 Å². The van der Waals surface area contributed by atoms with E-state index in [-0.39, 0.29) is 18.4 Å². The molecule has 1 aliphatic heterocycles. The maximum atomic E-state index is 12.9. The predicted octanol–water partition coefficient (Wildman–Crippen LogP) is 2.67. The number of amides is 2. The zero-order chi connectivity index (χ0) is 19.4. The third-order valence-corrected chi connectivity index (χ3v) is 5.17. The predicted molar refractivity (Wildman–Crippen MR) is 106 cm³/mol. The molecule has 2 heterocycles. The van der Waals surface area contributed by atoms with Gasteiger partial charge >= 0.3 is 0 Å². The third kappa shape index (κ3) is 4.38. The first-order valence-electron chi connectivity index (χ1n) is 9.64. The van der Waals surface area contributed by atoms with E-state index in [0.29, 0.717) is 24.6 Å². The molecule has 1 aromatic carbocycles. The number of rotatable bonds is 6. The summed E-state index contributed by atoms with van der Waals surface area (Å²) in [6.45, 7) is 9.03. The quantitative estimate of drug-likeness (QED) is 0.797. The van der Waals surface area contributed by atoms with Gasteiger partial charge in [0.1, 0.15) is 12.4 Å². The lowest BCUT2D eigenvalue weighted by molar-refractivity contribution is -0.135. The molecule has 27 heavy (non-hydrogen) atoms. The molecule has 0 aliphatic carbocycles. The molecule has 1 aromatic heterocycles. The van der Waals surface area contributed by atoms with Crippen LogP contribution in [0.3, 0.4) is 0 Å². The summed E-state index contributed by atoms with van der Waals surface area (Å²) in [5, 5.41) is 2.84. The molecule has 0 radical (unpaired) electrons. The van der Waals surface area contributed by atoms with Gasteiger partial charge in [0, 0.05) is 31.1 Å². The van der Waals surface area contributed by atoms with Gasteiger partial charge in [-0.05, 0) is 45.2 Å². The first-order chi connectivity index (χ1) is 13.0. The van der Waals surface area contributed by atoms with Crippen molar-refractivity contribution < 1.29 is 9.59 Å². The van der Waals surface area contributed by atoms with E-state index in [0.717, 1.165) is 36.2 Å². The Morgan fingerprint density at radius 1 is 1.30 bits per heavy atom. The van der Waals surface area contributed by atoms with Crippen LogP contribution < -0.4 is 5.32 Å². The van der Waals surface area contributed by atoms with Crippen molar-refractivity contribution in [1.29, 1.82) is 0 Å². The minimum absolute atomic E-state index is 0.137. The maximum Gasteiger partial charge on any atom is 0.246 e. The number of benzene rings is 1. The largest absolute Gasteiger partial charge is 0.352 e. The topological polar surface area (TPSA) is 67.2 Å². The van der Waals surface area contributed by atoms with Gasteiger partial charge in [-0.15, -0.1) is 0 Å². The molecule has 144 valence electrons. The maximum absolute atomic E-state index is 12.9. The van der Waals surface area contributed by atoms with Crippen molar-refractivity contribution in [2.24, 2.45) is 0 Å². The minimum Gasteiger partial charge on any atom is -0.352 e. The third-order valence-electron chi connectivity index (χ3n) is 5.17. The van der Waals surface area contributed by atoms with Crippen LogP contribution in [-0.4, -0.2) is 45.4 Å². The number of imidazole rings is 1. The molecule has 0 saturated carbocycles. The molecule has 3 rings (SSSR count). The van der Waals surface area contributed by atoms with Gasteiger partial charge in [0.2, 0.25) is 11.8 Å². The highest BCUT2D eigenvalue weighted by atomic mass is 16.2. The minimum atomic E-state index is -0.157. The summed E-state index contributed by atoms with van der Waals surface area (Å²) in [4.78, 5) is 31.3. The first kappa shape index (κ1) is 19.1. The smallest absolute Gasteiger partial charge is 0.246 e. The number of fused-ring (bicyclic) bond motifs is 1. The van der Waals surface area contributed by atoms with E-state index in [1.165, 1.54) is 6.42 Å². The number of nitrogens with one attached hydrogen (secondary N) is 1. The summed E-state index contributed by atoms with van der Waals surface area (Å²) >= 11 is 0. The summed E-state index contributed by atoms with van der Waals surface area (Å²) in [6, 6.07) is 8.14. The van der Waals surface area contributed by atoms with Gasteiger partial charge in [0.05, 0.1) is 11.0 Å². The monoisotopic (exact) mass is 368 g/mol. The average molecular weight is 368 g/mol. The molecule has 1 fully saturated rings. The molecule has 1 saturated heterocycles. The number of hydrogen-bond acceptors (Lipinski definition) is 3. The lowest BCUT2D eigenvalue weighted by Crippen LogP contribution is -2.43. The molecule has 1 aliphatic rings. The van der Waals surface area contributed by atoms with E-state index in [2.05, 4.69) is 18.8 Å². The Morgan fingerprint density at radius 2 is 2.07 bits per heavy atom. The van der Waals surface area contributed by atoms with Gasteiger partial charge in [0.15, 0.2) is 0 Å². The lowest BCUT2D eigenvalue weighted by Gasteiger charge is -2.33. The number of piperidine rings is 1. The van der Waals surface area contributed by atoms with Crippen LogP contribution in [0.2, 0.25) is 0 Å². The van der Waals surface area contributed by atoms with Crippen LogP contribution in [0.5, 0.6) is 0 Å². The Morgan fingerprint density at radius 3 is 2.81 bits per heavy atom. The Labute approximate surface area is 160 Å². The zero-order valence-corrected chi connectivity index (χ0v) is 16.2. The van der Waals surface area contributed by atoms with Gasteiger partial charge in [-0.25, -0.2) is 4.98 Å². The van der Waals surface area contributed by atoms with Crippen LogP contribution >= 0.6 is 0 Å². The Bertz CT molecular complexity index is 855. The highest BCUT2D eigenvalue weighted by Gasteiger charge is 2.24. The van der Waals surface area contributed by atoms with E-state index in [1.807, 2.05) is 33.7 Å². The number of para-hydroxylation sites is 2. The number of likely N-dealkylation sites (tertiary alicyclic amines) is 1. The molecule has 2 amide bonds. The SMILES string of the molecule is C=C(C)C(=O)NCCc1nc2ccccc2n1CC(=O)N1CCCCC1C. The van der Waals surface area contributed by atoms with Crippen molar-refractivity contribution in [3.63, 3.8) is 0 Å². The summed E-state index contributed by atoms with van der Waals surface area (Å²) in [6.07, 6.45) is 3.89. The highest BCUT2D eigenvalue weighted by Crippen LogP contribution is 2.20. The number of nitrogens with zero attached hydrogens (tertiary/aromatic N) is 3. The van der Waals surface area contributed by atoms with E-state index < -0.39 is 0 Å². The molecule has 6 heteroatoms. The Kier molecular flexibility index (Phi) is 5.94. The molecule has 0 bridgehead atoms. The van der Waals surface area contributed by atoms with Crippen LogP contribution in [0.25, 0.3) is 11.0 Å². The van der Waals surface area contributed by atoms with Gasteiger partial charge in [-0.1, -0.05) is 18.7 Å². The first-order valence-corrected chi connectivity index (χ1v) is 9.64. The van der Waals surface area contributed by atoms with Crippen LogP contribution in [0.4, 0.5) is 0 Å². The number of carbonyl (C=O) groups excluding carboxylic acids is 2. The molecule has 0 spiro atoms. The van der Waals surface area contributed by atoms with Crippen molar-refractivity contribution >= 4 is 22.8 Å². The van der Waals surface area contributed by atoms with Crippen LogP contribution in [-0.2, 0) is 22.6 Å². The standard InChI is InChI=1S/C21H28N4O2/c1-15(2)21(27)22-12-11-19-23-17-9-4-5-10-18(17)25(19)14-20(26)24-13-7-6-8-16(24)3/h4-5,9-10,16H,1,6-8,11-14H2,2-3H3,(H,22,27). The summed E-state index contributed by atoms with van der Waals surface area (Å²) in [5.41, 5.74) is 2.31. The van der Waals surface area contributed by atoms with E-state index in [1.54, 1.807) is 6.92 Å². The Balaban J connectivity index is 1.79. The fourth-order valence-electron chi connectivity index (χ4n) is 3.63. The highest BCUT2D eigenvalue weighted by molar-refractivity contribution is 5.92.